The Balaban J connectivity index is 1.60. The van der Waals surface area contributed by atoms with Crippen LogP contribution in [0, 0.1) is 0 Å². The zero-order valence-corrected chi connectivity index (χ0v) is 16.8. The molecule has 2 aromatic rings. The Morgan fingerprint density at radius 1 is 1.29 bits per heavy atom. The standard InChI is InChI=1S/C20H28BN5O2/c1-14(12-26(22-3)17-6-4-16(21-2)5-7-17)24-19(27)18-13-28-20(25-18)15-8-10-23-11-9-15/h8-13,16-17,21-22H,4-7H2,1-3H3,(H,24,27)/b14-12+. The number of hydrogen-bond acceptors (Lipinski definition) is 6. The Kier molecular flexibility index (Phi) is 6.87. The monoisotopic (exact) mass is 381 g/mol. The molecule has 1 amide bonds. The summed E-state index contributed by atoms with van der Waals surface area (Å²) in [6.07, 6.45) is 11.5. The number of nitrogens with one attached hydrogen (secondary N) is 2. The molecule has 1 aliphatic carbocycles. The number of rotatable bonds is 7. The highest BCUT2D eigenvalue weighted by Crippen LogP contribution is 2.30. The first-order valence-corrected chi connectivity index (χ1v) is 9.92. The molecule has 148 valence electrons. The van der Waals surface area contributed by atoms with Crippen LogP contribution < -0.4 is 10.7 Å². The maximum atomic E-state index is 12.5. The molecule has 1 fully saturated rings. The minimum absolute atomic E-state index is 0.249. The summed E-state index contributed by atoms with van der Waals surface area (Å²) >= 11 is 0. The van der Waals surface area contributed by atoms with Gasteiger partial charge in [0, 0.05) is 42.9 Å². The normalized spacial score (nSPS) is 19.9. The van der Waals surface area contributed by atoms with Crippen molar-refractivity contribution in [2.24, 2.45) is 0 Å². The lowest BCUT2D eigenvalue weighted by molar-refractivity contribution is 0.0958. The van der Waals surface area contributed by atoms with E-state index in [2.05, 4.69) is 32.5 Å². The highest BCUT2D eigenvalue weighted by Gasteiger charge is 2.23. The van der Waals surface area contributed by atoms with Crippen LogP contribution in [0.15, 0.2) is 47.1 Å². The molecule has 2 aromatic heterocycles. The van der Waals surface area contributed by atoms with Crippen molar-refractivity contribution in [2.75, 3.05) is 7.05 Å². The van der Waals surface area contributed by atoms with Crippen LogP contribution in [0.5, 0.6) is 0 Å². The number of amides is 1. The first-order chi connectivity index (χ1) is 13.6. The molecule has 2 N–H and O–H groups in total. The molecule has 0 bridgehead atoms. The molecule has 0 spiro atoms. The van der Waals surface area contributed by atoms with Gasteiger partial charge in [0.05, 0.1) is 0 Å². The minimum Gasteiger partial charge on any atom is -0.444 e. The number of hydrogen-bond donors (Lipinski definition) is 2. The number of hydrazine groups is 1. The van der Waals surface area contributed by atoms with Gasteiger partial charge in [-0.3, -0.25) is 9.78 Å². The van der Waals surface area contributed by atoms with Crippen LogP contribution >= 0.6 is 0 Å². The van der Waals surface area contributed by atoms with Crippen molar-refractivity contribution >= 4 is 13.2 Å². The summed E-state index contributed by atoms with van der Waals surface area (Å²) in [5.74, 6) is 0.962. The largest absolute Gasteiger partial charge is 0.444 e. The minimum atomic E-state index is -0.288. The second-order valence-corrected chi connectivity index (χ2v) is 7.25. The van der Waals surface area contributed by atoms with E-state index in [0.717, 1.165) is 29.9 Å². The van der Waals surface area contributed by atoms with Gasteiger partial charge in [0.25, 0.3) is 5.91 Å². The van der Waals surface area contributed by atoms with Crippen LogP contribution in [-0.4, -0.2) is 41.3 Å². The Hall–Kier alpha value is -2.61. The van der Waals surface area contributed by atoms with E-state index in [0.29, 0.717) is 11.9 Å². The van der Waals surface area contributed by atoms with Crippen molar-refractivity contribution in [3.63, 3.8) is 0 Å². The third-order valence-corrected chi connectivity index (χ3v) is 5.35. The fourth-order valence-electron chi connectivity index (χ4n) is 3.67. The Morgan fingerprint density at radius 2 is 2.00 bits per heavy atom. The van der Waals surface area contributed by atoms with E-state index in [1.54, 1.807) is 24.5 Å². The fourth-order valence-corrected chi connectivity index (χ4v) is 3.67. The topological polar surface area (TPSA) is 83.3 Å². The molecule has 0 atom stereocenters. The SMILES string of the molecule is CBC1CCC(N(/C=C(\C)NC(=O)c2coc(-c3ccncc3)n2)NC)CC1. The molecular formula is C20H28BN5O2. The number of allylic oxidation sites excluding steroid dienone is 1. The second kappa shape index (κ2) is 9.55. The fraction of sp³-hybridized carbons (Fsp3) is 0.450. The van der Waals surface area contributed by atoms with Gasteiger partial charge < -0.3 is 14.7 Å². The Bertz CT molecular complexity index is 800. The van der Waals surface area contributed by atoms with Gasteiger partial charge in [0.1, 0.15) is 13.5 Å². The number of pyridine rings is 1. The van der Waals surface area contributed by atoms with Crippen molar-refractivity contribution in [2.45, 2.75) is 51.3 Å². The molecule has 0 unspecified atom stereocenters. The summed E-state index contributed by atoms with van der Waals surface area (Å²) in [5.41, 5.74) is 5.03. The van der Waals surface area contributed by atoms with Crippen LogP contribution in [0.4, 0.5) is 0 Å². The van der Waals surface area contributed by atoms with Crippen molar-refractivity contribution in [3.8, 4) is 11.5 Å². The summed E-state index contributed by atoms with van der Waals surface area (Å²) in [5, 5.41) is 4.99. The molecule has 28 heavy (non-hydrogen) atoms. The van der Waals surface area contributed by atoms with Gasteiger partial charge >= 0.3 is 0 Å². The van der Waals surface area contributed by atoms with E-state index in [1.807, 2.05) is 20.2 Å². The van der Waals surface area contributed by atoms with Gasteiger partial charge in [-0.05, 0) is 31.9 Å². The Labute approximate surface area is 166 Å². The van der Waals surface area contributed by atoms with Crippen LogP contribution in [0.3, 0.4) is 0 Å². The first kappa shape index (κ1) is 20.1. The number of carbonyl (C=O) groups excluding carboxylic acids is 1. The Morgan fingerprint density at radius 3 is 2.64 bits per heavy atom. The van der Waals surface area contributed by atoms with Gasteiger partial charge in [-0.1, -0.05) is 25.5 Å². The predicted octanol–water partition coefficient (Wildman–Crippen LogP) is 2.98. The van der Waals surface area contributed by atoms with Crippen LogP contribution in [0.2, 0.25) is 12.6 Å². The molecular weight excluding hydrogens is 353 g/mol. The third-order valence-electron chi connectivity index (χ3n) is 5.35. The van der Waals surface area contributed by atoms with Crippen LogP contribution in [0.1, 0.15) is 43.1 Å². The van der Waals surface area contributed by atoms with Crippen LogP contribution in [0.25, 0.3) is 11.5 Å². The van der Waals surface area contributed by atoms with Gasteiger partial charge in [0.15, 0.2) is 5.69 Å². The van der Waals surface area contributed by atoms with Crippen molar-refractivity contribution in [1.29, 1.82) is 0 Å². The average molecular weight is 381 g/mol. The number of carbonyl (C=O) groups is 1. The summed E-state index contributed by atoms with van der Waals surface area (Å²) in [6.45, 7) is 4.15. The zero-order chi connectivity index (χ0) is 19.9. The lowest BCUT2D eigenvalue weighted by atomic mass is 9.60. The predicted molar refractivity (Wildman–Crippen MR) is 111 cm³/mol. The molecule has 0 radical (unpaired) electrons. The summed E-state index contributed by atoms with van der Waals surface area (Å²) in [6, 6.07) is 4.03. The molecule has 3 rings (SSSR count). The zero-order valence-electron chi connectivity index (χ0n) is 16.8. The van der Waals surface area contributed by atoms with E-state index in [-0.39, 0.29) is 11.6 Å². The smallest absolute Gasteiger partial charge is 0.277 e. The van der Waals surface area contributed by atoms with Crippen molar-refractivity contribution < 1.29 is 9.21 Å². The second-order valence-electron chi connectivity index (χ2n) is 7.25. The van der Waals surface area contributed by atoms with Crippen molar-refractivity contribution in [3.05, 3.63) is 48.4 Å². The van der Waals surface area contributed by atoms with E-state index < -0.39 is 0 Å². The van der Waals surface area contributed by atoms with E-state index >= 15 is 0 Å². The number of oxazole rings is 1. The van der Waals surface area contributed by atoms with E-state index in [9.17, 15) is 4.79 Å². The molecule has 0 aliphatic heterocycles. The molecule has 7 nitrogen and oxygen atoms in total. The number of nitrogens with zero attached hydrogens (tertiary/aromatic N) is 3. The molecule has 1 saturated carbocycles. The maximum absolute atomic E-state index is 12.5. The summed E-state index contributed by atoms with van der Waals surface area (Å²) < 4.78 is 5.43. The van der Waals surface area contributed by atoms with E-state index in [4.69, 9.17) is 4.42 Å². The van der Waals surface area contributed by atoms with Gasteiger partial charge in [-0.25, -0.2) is 10.4 Å². The van der Waals surface area contributed by atoms with Crippen LogP contribution in [-0.2, 0) is 0 Å². The maximum Gasteiger partial charge on any atom is 0.277 e. The highest BCUT2D eigenvalue weighted by molar-refractivity contribution is 6.35. The molecule has 0 saturated heterocycles. The third kappa shape index (κ3) is 5.01. The summed E-state index contributed by atoms with van der Waals surface area (Å²) in [4.78, 5) is 20.7. The molecule has 8 heteroatoms. The summed E-state index contributed by atoms with van der Waals surface area (Å²) in [7, 11) is 3.17. The lowest BCUT2D eigenvalue weighted by Gasteiger charge is -2.35. The van der Waals surface area contributed by atoms with Gasteiger partial charge in [0.2, 0.25) is 5.89 Å². The molecule has 0 aromatic carbocycles. The average Bonchev–Trinajstić information content (AvgIpc) is 3.23. The number of aromatic nitrogens is 2. The first-order valence-electron chi connectivity index (χ1n) is 9.92. The lowest BCUT2D eigenvalue weighted by Crippen LogP contribution is -2.42. The molecule has 1 aliphatic rings. The van der Waals surface area contributed by atoms with Gasteiger partial charge in [-0.15, -0.1) is 0 Å². The molecule has 2 heterocycles. The highest BCUT2D eigenvalue weighted by atomic mass is 16.3. The quantitative estimate of drug-likeness (QED) is 0.567. The van der Waals surface area contributed by atoms with Gasteiger partial charge in [-0.2, -0.15) is 0 Å². The van der Waals surface area contributed by atoms with E-state index in [1.165, 1.54) is 26.4 Å². The van der Waals surface area contributed by atoms with Crippen molar-refractivity contribution in [1.82, 2.24) is 25.7 Å².